The summed E-state index contributed by atoms with van der Waals surface area (Å²) in [6, 6.07) is 10.2. The molecule has 168 valence electrons. The van der Waals surface area contributed by atoms with Gasteiger partial charge in [-0.3, -0.25) is 9.59 Å². The van der Waals surface area contributed by atoms with Gasteiger partial charge in [-0.25, -0.2) is 8.42 Å². The molecule has 0 aliphatic carbocycles. The molecule has 8 heteroatoms. The summed E-state index contributed by atoms with van der Waals surface area (Å²) in [5.41, 5.74) is 3.89. The second-order valence-electron chi connectivity index (χ2n) is 7.77. The summed E-state index contributed by atoms with van der Waals surface area (Å²) in [5, 5.41) is 2.90. The van der Waals surface area contributed by atoms with Gasteiger partial charge in [-0.1, -0.05) is 17.7 Å². The molecule has 0 spiro atoms. The molecule has 2 amide bonds. The van der Waals surface area contributed by atoms with Crippen molar-refractivity contribution in [2.24, 2.45) is 0 Å². The molecule has 0 aliphatic heterocycles. The number of carbonyl (C=O) groups excluding carboxylic acids is 2. The Morgan fingerprint density at radius 2 is 1.61 bits per heavy atom. The SMILES string of the molecule is Cc1cc(C)c(NC(=O)CN(C)C(=O)CCCOc2ccc(S(C)(=O)=O)cc2)c(C)c1. The number of anilines is 1. The molecule has 0 unspecified atom stereocenters. The molecule has 0 atom stereocenters. The van der Waals surface area contributed by atoms with Crippen LogP contribution < -0.4 is 10.1 Å². The lowest BCUT2D eigenvalue weighted by atomic mass is 10.1. The van der Waals surface area contributed by atoms with Crippen molar-refractivity contribution in [2.45, 2.75) is 38.5 Å². The molecule has 2 rings (SSSR count). The Kier molecular flexibility index (Phi) is 8.21. The van der Waals surface area contributed by atoms with Crippen LogP contribution in [0.3, 0.4) is 0 Å². The predicted molar refractivity (Wildman–Crippen MR) is 121 cm³/mol. The van der Waals surface area contributed by atoms with Crippen LogP contribution in [0.4, 0.5) is 5.69 Å². The Morgan fingerprint density at radius 1 is 1.03 bits per heavy atom. The first-order valence-corrected chi connectivity index (χ1v) is 11.9. The second-order valence-corrected chi connectivity index (χ2v) is 9.78. The van der Waals surface area contributed by atoms with E-state index in [9.17, 15) is 18.0 Å². The van der Waals surface area contributed by atoms with Crippen LogP contribution >= 0.6 is 0 Å². The highest BCUT2D eigenvalue weighted by Crippen LogP contribution is 2.22. The summed E-state index contributed by atoms with van der Waals surface area (Å²) in [4.78, 5) is 26.3. The van der Waals surface area contributed by atoms with E-state index in [1.165, 1.54) is 17.0 Å². The number of rotatable bonds is 9. The molecule has 1 N–H and O–H groups in total. The van der Waals surface area contributed by atoms with Crippen molar-refractivity contribution >= 4 is 27.3 Å². The van der Waals surface area contributed by atoms with Crippen molar-refractivity contribution in [1.29, 1.82) is 0 Å². The Bertz CT molecular complexity index is 1020. The summed E-state index contributed by atoms with van der Waals surface area (Å²) >= 11 is 0. The lowest BCUT2D eigenvalue weighted by Crippen LogP contribution is -2.35. The van der Waals surface area contributed by atoms with Gasteiger partial charge < -0.3 is 15.0 Å². The second kappa shape index (κ2) is 10.4. The number of likely N-dealkylation sites (N-methyl/N-ethyl adjacent to an activating group) is 1. The van der Waals surface area contributed by atoms with Crippen molar-refractivity contribution in [3.05, 3.63) is 53.1 Å². The highest BCUT2D eigenvalue weighted by molar-refractivity contribution is 7.90. The number of nitrogens with one attached hydrogen (secondary N) is 1. The molecule has 0 bridgehead atoms. The fourth-order valence-electron chi connectivity index (χ4n) is 3.25. The lowest BCUT2D eigenvalue weighted by molar-refractivity contribution is -0.133. The van der Waals surface area contributed by atoms with Gasteiger partial charge in [-0.15, -0.1) is 0 Å². The van der Waals surface area contributed by atoms with Crippen LogP contribution in [-0.2, 0) is 19.4 Å². The number of hydrogen-bond acceptors (Lipinski definition) is 5. The molecule has 0 heterocycles. The van der Waals surface area contributed by atoms with Gasteiger partial charge in [0.1, 0.15) is 5.75 Å². The van der Waals surface area contributed by atoms with Crippen LogP contribution in [0.5, 0.6) is 5.75 Å². The number of nitrogens with zero attached hydrogens (tertiary/aromatic N) is 1. The molecule has 0 aliphatic rings. The predicted octanol–water partition coefficient (Wildman–Crippen LogP) is 3.27. The topological polar surface area (TPSA) is 92.8 Å². The van der Waals surface area contributed by atoms with Gasteiger partial charge in [0.15, 0.2) is 9.84 Å². The Morgan fingerprint density at radius 3 is 2.16 bits per heavy atom. The van der Waals surface area contributed by atoms with Crippen molar-refractivity contribution < 1.29 is 22.7 Å². The van der Waals surface area contributed by atoms with Crippen LogP contribution in [0.25, 0.3) is 0 Å². The smallest absolute Gasteiger partial charge is 0.243 e. The van der Waals surface area contributed by atoms with E-state index in [0.29, 0.717) is 18.8 Å². The summed E-state index contributed by atoms with van der Waals surface area (Å²) in [6.07, 6.45) is 1.87. The van der Waals surface area contributed by atoms with Gasteiger partial charge >= 0.3 is 0 Å². The molecule has 2 aromatic rings. The lowest BCUT2D eigenvalue weighted by Gasteiger charge is -2.18. The van der Waals surface area contributed by atoms with E-state index in [2.05, 4.69) is 5.32 Å². The van der Waals surface area contributed by atoms with Gasteiger partial charge in [-0.2, -0.15) is 0 Å². The molecule has 0 radical (unpaired) electrons. The van der Waals surface area contributed by atoms with Crippen LogP contribution in [-0.4, -0.2) is 51.6 Å². The molecular weight excluding hydrogens is 416 g/mol. The van der Waals surface area contributed by atoms with E-state index < -0.39 is 9.84 Å². The number of amides is 2. The zero-order valence-electron chi connectivity index (χ0n) is 18.7. The standard InChI is InChI=1S/C23H30N2O5S/c1-16-13-17(2)23(18(3)14-16)24-21(26)15-25(4)22(27)7-6-12-30-19-8-10-20(11-9-19)31(5,28)29/h8-11,13-14H,6-7,12,15H2,1-5H3,(H,24,26). The Labute approximate surface area is 184 Å². The monoisotopic (exact) mass is 446 g/mol. The van der Waals surface area contributed by atoms with E-state index in [-0.39, 0.29) is 29.7 Å². The van der Waals surface area contributed by atoms with Gasteiger partial charge in [0, 0.05) is 25.4 Å². The molecule has 2 aromatic carbocycles. The van der Waals surface area contributed by atoms with Crippen molar-refractivity contribution in [3.8, 4) is 5.75 Å². The zero-order chi connectivity index (χ0) is 23.2. The minimum Gasteiger partial charge on any atom is -0.494 e. The number of hydrogen-bond donors (Lipinski definition) is 1. The maximum absolute atomic E-state index is 12.4. The van der Waals surface area contributed by atoms with Gasteiger partial charge in [0.05, 0.1) is 18.0 Å². The van der Waals surface area contributed by atoms with Crippen LogP contribution in [0, 0.1) is 20.8 Å². The Hall–Kier alpha value is -2.87. The van der Waals surface area contributed by atoms with Crippen molar-refractivity contribution in [3.63, 3.8) is 0 Å². The van der Waals surface area contributed by atoms with Gasteiger partial charge in [0.25, 0.3) is 0 Å². The van der Waals surface area contributed by atoms with Crippen LogP contribution in [0.1, 0.15) is 29.5 Å². The maximum Gasteiger partial charge on any atom is 0.243 e. The third kappa shape index (κ3) is 7.40. The van der Waals surface area contributed by atoms with Crippen molar-refractivity contribution in [2.75, 3.05) is 31.8 Å². The first-order valence-electron chi connectivity index (χ1n) is 10.0. The first kappa shape index (κ1) is 24.4. The zero-order valence-corrected chi connectivity index (χ0v) is 19.5. The fraction of sp³-hybridized carbons (Fsp3) is 0.391. The summed E-state index contributed by atoms with van der Waals surface area (Å²) < 4.78 is 28.5. The molecule has 7 nitrogen and oxygen atoms in total. The first-order chi connectivity index (χ1) is 14.5. The molecule has 0 saturated heterocycles. The highest BCUT2D eigenvalue weighted by atomic mass is 32.2. The fourth-order valence-corrected chi connectivity index (χ4v) is 3.88. The minimum atomic E-state index is -3.24. The average molecular weight is 447 g/mol. The average Bonchev–Trinajstić information content (AvgIpc) is 2.67. The van der Waals surface area contributed by atoms with E-state index in [1.54, 1.807) is 19.2 Å². The largest absolute Gasteiger partial charge is 0.494 e. The Balaban J connectivity index is 1.76. The number of aryl methyl sites for hydroxylation is 3. The number of benzene rings is 2. The van der Waals surface area contributed by atoms with E-state index in [4.69, 9.17) is 4.74 Å². The number of ether oxygens (including phenoxy) is 1. The third-order valence-electron chi connectivity index (χ3n) is 4.80. The number of carbonyl (C=O) groups is 2. The normalized spacial score (nSPS) is 11.1. The third-order valence-corrected chi connectivity index (χ3v) is 5.93. The number of sulfone groups is 1. The molecule has 0 saturated carbocycles. The molecule has 0 aromatic heterocycles. The summed E-state index contributed by atoms with van der Waals surface area (Å²) in [7, 11) is -1.64. The maximum atomic E-state index is 12.4. The highest BCUT2D eigenvalue weighted by Gasteiger charge is 2.15. The van der Waals surface area contributed by atoms with E-state index in [0.717, 1.165) is 28.6 Å². The van der Waals surface area contributed by atoms with Gasteiger partial charge in [0.2, 0.25) is 11.8 Å². The summed E-state index contributed by atoms with van der Waals surface area (Å²) in [6.45, 7) is 6.18. The molecular formula is C23H30N2O5S. The summed E-state index contributed by atoms with van der Waals surface area (Å²) in [5.74, 6) is 0.146. The molecule has 31 heavy (non-hydrogen) atoms. The van der Waals surface area contributed by atoms with Gasteiger partial charge in [-0.05, 0) is 62.6 Å². The van der Waals surface area contributed by atoms with Crippen molar-refractivity contribution in [1.82, 2.24) is 4.90 Å². The van der Waals surface area contributed by atoms with Crippen LogP contribution in [0.15, 0.2) is 41.3 Å². The molecule has 0 fully saturated rings. The van der Waals surface area contributed by atoms with E-state index in [1.807, 2.05) is 32.9 Å². The van der Waals surface area contributed by atoms with Crippen LogP contribution in [0.2, 0.25) is 0 Å². The minimum absolute atomic E-state index is 0.0284. The van der Waals surface area contributed by atoms with E-state index >= 15 is 0 Å². The quantitative estimate of drug-likeness (QED) is 0.597.